The number of benzene rings is 4. The zero-order chi connectivity index (χ0) is 30.3. The van der Waals surface area contributed by atoms with E-state index in [1.54, 1.807) is 19.2 Å². The number of nitrogen functional groups attached to an aromatic ring is 1. The number of rotatable bonds is 9. The van der Waals surface area contributed by atoms with Crippen LogP contribution in [0, 0.1) is 13.8 Å². The third-order valence-electron chi connectivity index (χ3n) is 8.00. The van der Waals surface area contributed by atoms with Crippen LogP contribution in [0.1, 0.15) is 39.0 Å². The van der Waals surface area contributed by atoms with E-state index in [-0.39, 0.29) is 24.6 Å². The Balaban J connectivity index is 1.30. The molecule has 1 aliphatic heterocycles. The SMILES string of the molecule is COc1cc(CN(C(=O)OCc2ccccc2)[C@H]2CCN(c3ccc(C(=O)Nc4ccccc4N)cc3)C2)cc(C)c1C. The lowest BCUT2D eigenvalue weighted by molar-refractivity contribution is 0.0803. The molecule has 222 valence electrons. The molecule has 0 aromatic heterocycles. The van der Waals surface area contributed by atoms with Gasteiger partial charge in [-0.3, -0.25) is 9.69 Å². The molecule has 1 atom stereocenters. The molecular formula is C35H38N4O4. The highest BCUT2D eigenvalue weighted by atomic mass is 16.6. The minimum absolute atomic E-state index is 0.0556. The van der Waals surface area contributed by atoms with Gasteiger partial charge in [0.1, 0.15) is 12.4 Å². The highest BCUT2D eigenvalue weighted by Crippen LogP contribution is 2.28. The fraction of sp³-hybridized carbons (Fsp3) is 0.257. The number of ether oxygens (including phenoxy) is 2. The molecule has 1 aliphatic rings. The molecule has 0 bridgehead atoms. The van der Waals surface area contributed by atoms with E-state index in [1.807, 2.05) is 84.6 Å². The van der Waals surface area contributed by atoms with Crippen molar-refractivity contribution in [3.63, 3.8) is 0 Å². The summed E-state index contributed by atoms with van der Waals surface area (Å²) < 4.78 is 11.4. The van der Waals surface area contributed by atoms with Crippen LogP contribution in [0.4, 0.5) is 21.9 Å². The first-order valence-corrected chi connectivity index (χ1v) is 14.4. The van der Waals surface area contributed by atoms with Crippen molar-refractivity contribution < 1.29 is 19.1 Å². The van der Waals surface area contributed by atoms with E-state index in [1.165, 1.54) is 0 Å². The molecule has 1 heterocycles. The summed E-state index contributed by atoms with van der Waals surface area (Å²) in [6, 6.07) is 28.4. The second-order valence-electron chi connectivity index (χ2n) is 10.9. The minimum atomic E-state index is -0.347. The topological polar surface area (TPSA) is 97.1 Å². The van der Waals surface area contributed by atoms with Crippen LogP contribution in [-0.2, 0) is 17.9 Å². The number of anilines is 3. The zero-order valence-corrected chi connectivity index (χ0v) is 24.9. The Morgan fingerprint density at radius 1 is 0.953 bits per heavy atom. The van der Waals surface area contributed by atoms with E-state index in [9.17, 15) is 9.59 Å². The number of nitrogens with two attached hydrogens (primary N) is 1. The maximum absolute atomic E-state index is 13.6. The Labute approximate surface area is 253 Å². The summed E-state index contributed by atoms with van der Waals surface area (Å²) in [5.74, 6) is 0.583. The van der Waals surface area contributed by atoms with Crippen LogP contribution in [0.3, 0.4) is 0 Å². The molecular weight excluding hydrogens is 540 g/mol. The molecule has 1 fully saturated rings. The van der Waals surface area contributed by atoms with E-state index in [2.05, 4.69) is 23.2 Å². The van der Waals surface area contributed by atoms with Crippen LogP contribution in [0.15, 0.2) is 91.0 Å². The summed E-state index contributed by atoms with van der Waals surface area (Å²) in [5.41, 5.74) is 12.7. The Morgan fingerprint density at radius 2 is 1.67 bits per heavy atom. The summed E-state index contributed by atoms with van der Waals surface area (Å²) in [5, 5.41) is 2.87. The minimum Gasteiger partial charge on any atom is -0.496 e. The fourth-order valence-electron chi connectivity index (χ4n) is 5.40. The van der Waals surface area contributed by atoms with Crippen molar-refractivity contribution >= 4 is 29.1 Å². The number of aryl methyl sites for hydroxylation is 1. The van der Waals surface area contributed by atoms with E-state index in [0.29, 0.717) is 30.0 Å². The Morgan fingerprint density at radius 3 is 2.40 bits per heavy atom. The first-order valence-electron chi connectivity index (χ1n) is 14.4. The summed E-state index contributed by atoms with van der Waals surface area (Å²) in [6.07, 6.45) is 0.442. The molecule has 4 aromatic rings. The Kier molecular flexibility index (Phi) is 9.15. The summed E-state index contributed by atoms with van der Waals surface area (Å²) in [7, 11) is 1.66. The van der Waals surface area contributed by atoms with Crippen LogP contribution >= 0.6 is 0 Å². The van der Waals surface area contributed by atoms with Crippen LogP contribution in [0.5, 0.6) is 5.75 Å². The molecule has 3 N–H and O–H groups in total. The number of carbonyl (C=O) groups is 2. The lowest BCUT2D eigenvalue weighted by atomic mass is 10.0. The number of hydrogen-bond acceptors (Lipinski definition) is 6. The number of amides is 2. The molecule has 0 spiro atoms. The van der Waals surface area contributed by atoms with Gasteiger partial charge in [0, 0.05) is 30.9 Å². The number of hydrogen-bond donors (Lipinski definition) is 2. The molecule has 4 aromatic carbocycles. The molecule has 8 heteroatoms. The normalized spacial score (nSPS) is 14.3. The lowest BCUT2D eigenvalue weighted by Crippen LogP contribution is -2.42. The largest absolute Gasteiger partial charge is 0.496 e. The predicted octanol–water partition coefficient (Wildman–Crippen LogP) is 6.56. The van der Waals surface area contributed by atoms with Gasteiger partial charge in [0.2, 0.25) is 0 Å². The third kappa shape index (κ3) is 7.09. The van der Waals surface area contributed by atoms with Crippen molar-refractivity contribution in [2.24, 2.45) is 0 Å². The van der Waals surface area contributed by atoms with E-state index < -0.39 is 0 Å². The standard InChI is InChI=1S/C35H38N4O4/c1-24-19-27(20-33(42-3)25(24)2)21-39(35(41)43-23-26-9-5-4-6-10-26)30-17-18-38(22-30)29-15-13-28(14-16-29)34(40)37-32-12-8-7-11-31(32)36/h4-16,19-20,30H,17-18,21-23,36H2,1-3H3,(H,37,40)/t30-/m0/s1. The van der Waals surface area contributed by atoms with Gasteiger partial charge in [0.15, 0.2) is 0 Å². The first-order chi connectivity index (χ1) is 20.8. The highest BCUT2D eigenvalue weighted by Gasteiger charge is 2.32. The van der Waals surface area contributed by atoms with Gasteiger partial charge in [-0.1, -0.05) is 48.5 Å². The Bertz CT molecular complexity index is 1570. The number of para-hydroxylation sites is 2. The van der Waals surface area contributed by atoms with Gasteiger partial charge >= 0.3 is 6.09 Å². The molecule has 5 rings (SSSR count). The summed E-state index contributed by atoms with van der Waals surface area (Å²) >= 11 is 0. The van der Waals surface area contributed by atoms with Crippen LogP contribution in [0.2, 0.25) is 0 Å². The molecule has 0 aliphatic carbocycles. The van der Waals surface area contributed by atoms with Crippen molar-refractivity contribution in [1.29, 1.82) is 0 Å². The van der Waals surface area contributed by atoms with Gasteiger partial charge < -0.3 is 25.4 Å². The van der Waals surface area contributed by atoms with Crippen molar-refractivity contribution in [2.75, 3.05) is 36.1 Å². The molecule has 0 saturated carbocycles. The predicted molar refractivity (Wildman–Crippen MR) is 171 cm³/mol. The lowest BCUT2D eigenvalue weighted by Gasteiger charge is -2.29. The molecule has 8 nitrogen and oxygen atoms in total. The monoisotopic (exact) mass is 578 g/mol. The molecule has 2 amide bonds. The second kappa shape index (κ2) is 13.3. The molecule has 0 unspecified atom stereocenters. The van der Waals surface area contributed by atoms with Crippen LogP contribution in [-0.4, -0.2) is 43.1 Å². The molecule has 43 heavy (non-hydrogen) atoms. The van der Waals surface area contributed by atoms with Crippen molar-refractivity contribution in [1.82, 2.24) is 4.90 Å². The van der Waals surface area contributed by atoms with Gasteiger partial charge in [-0.25, -0.2) is 4.79 Å². The smallest absolute Gasteiger partial charge is 0.410 e. The quantitative estimate of drug-likeness (QED) is 0.218. The summed E-state index contributed by atoms with van der Waals surface area (Å²) in [4.78, 5) is 30.4. The zero-order valence-electron chi connectivity index (χ0n) is 24.9. The molecule has 1 saturated heterocycles. The first kappa shape index (κ1) is 29.5. The van der Waals surface area contributed by atoms with E-state index in [0.717, 1.165) is 46.7 Å². The van der Waals surface area contributed by atoms with Gasteiger partial charge in [-0.2, -0.15) is 0 Å². The van der Waals surface area contributed by atoms with Crippen LogP contribution in [0.25, 0.3) is 0 Å². The maximum Gasteiger partial charge on any atom is 0.410 e. The maximum atomic E-state index is 13.6. The van der Waals surface area contributed by atoms with Crippen molar-refractivity contribution in [2.45, 2.75) is 39.5 Å². The fourth-order valence-corrected chi connectivity index (χ4v) is 5.40. The summed E-state index contributed by atoms with van der Waals surface area (Å²) in [6.45, 7) is 6.12. The van der Waals surface area contributed by atoms with E-state index >= 15 is 0 Å². The number of carbonyl (C=O) groups excluding carboxylic acids is 2. The van der Waals surface area contributed by atoms with Gasteiger partial charge in [0.05, 0.1) is 24.5 Å². The third-order valence-corrected chi connectivity index (χ3v) is 8.00. The number of methoxy groups -OCH3 is 1. The van der Waals surface area contributed by atoms with E-state index in [4.69, 9.17) is 15.2 Å². The van der Waals surface area contributed by atoms with Crippen molar-refractivity contribution in [3.8, 4) is 5.75 Å². The molecule has 0 radical (unpaired) electrons. The van der Waals surface area contributed by atoms with Gasteiger partial charge in [-0.05, 0) is 85.0 Å². The van der Waals surface area contributed by atoms with Gasteiger partial charge in [-0.15, -0.1) is 0 Å². The Hall–Kier alpha value is -4.98. The highest BCUT2D eigenvalue weighted by molar-refractivity contribution is 6.05. The van der Waals surface area contributed by atoms with Crippen LogP contribution < -0.4 is 20.7 Å². The van der Waals surface area contributed by atoms with Crippen molar-refractivity contribution in [3.05, 3.63) is 119 Å². The average Bonchev–Trinajstić information content (AvgIpc) is 3.52. The van der Waals surface area contributed by atoms with Gasteiger partial charge in [0.25, 0.3) is 5.91 Å². The number of nitrogens with zero attached hydrogens (tertiary/aromatic N) is 2. The number of nitrogens with one attached hydrogen (secondary N) is 1. The average molecular weight is 579 g/mol. The second-order valence-corrected chi connectivity index (χ2v) is 10.9.